The molecule has 1 amide bonds. The van der Waals surface area contributed by atoms with Crippen LogP contribution in [0.2, 0.25) is 0 Å². The van der Waals surface area contributed by atoms with Crippen molar-refractivity contribution in [2.45, 2.75) is 12.2 Å². The van der Waals surface area contributed by atoms with E-state index in [0.29, 0.717) is 0 Å². The lowest BCUT2D eigenvalue weighted by molar-refractivity contribution is 0.0188. The second-order valence-electron chi connectivity index (χ2n) is 2.05. The van der Waals surface area contributed by atoms with E-state index < -0.39 is 25.0 Å². The van der Waals surface area contributed by atoms with Gasteiger partial charge < -0.3 is 15.2 Å². The van der Waals surface area contributed by atoms with Gasteiger partial charge >= 0.3 is 6.09 Å². The van der Waals surface area contributed by atoms with Crippen LogP contribution in [-0.2, 0) is 4.74 Å². The van der Waals surface area contributed by atoms with Gasteiger partial charge in [0.05, 0.1) is 6.54 Å². The summed E-state index contributed by atoms with van der Waals surface area (Å²) in [6.45, 7) is -0.705. The van der Waals surface area contributed by atoms with Gasteiger partial charge in [0, 0.05) is 0 Å². The van der Waals surface area contributed by atoms with Crippen molar-refractivity contribution in [3.05, 3.63) is 0 Å². The van der Waals surface area contributed by atoms with Gasteiger partial charge in [-0.3, -0.25) is 0 Å². The largest absolute Gasteiger partial charge is 0.441 e. The van der Waals surface area contributed by atoms with Gasteiger partial charge in [-0.25, -0.2) is 9.18 Å². The summed E-state index contributed by atoms with van der Waals surface area (Å²) in [6.07, 6.45) is -2.52. The molecule has 10 heavy (non-hydrogen) atoms. The molecule has 2 atom stereocenters. The van der Waals surface area contributed by atoms with Crippen LogP contribution in [0.1, 0.15) is 0 Å². The molecule has 1 saturated heterocycles. The van der Waals surface area contributed by atoms with Gasteiger partial charge in [-0.1, -0.05) is 0 Å². The highest BCUT2D eigenvalue weighted by Crippen LogP contribution is 2.05. The average Bonchev–Trinajstić information content (AvgIpc) is 2.34. The minimum atomic E-state index is -1.20. The molecule has 1 rings (SSSR count). The number of halogens is 1. The number of rotatable bonds is 2. The summed E-state index contributed by atoms with van der Waals surface area (Å²) in [7, 11) is 0. The molecule has 0 radical (unpaired) electrons. The lowest BCUT2D eigenvalue weighted by atomic mass is 10.2. The predicted octanol–water partition coefficient (Wildman–Crippen LogP) is -0.575. The van der Waals surface area contributed by atoms with E-state index in [9.17, 15) is 9.18 Å². The van der Waals surface area contributed by atoms with E-state index in [4.69, 9.17) is 5.11 Å². The van der Waals surface area contributed by atoms with Crippen LogP contribution in [0.25, 0.3) is 0 Å². The summed E-state index contributed by atoms with van der Waals surface area (Å²) in [5, 5.41) is 11.1. The minimum Gasteiger partial charge on any atom is -0.441 e. The molecule has 1 fully saturated rings. The molecule has 1 aliphatic rings. The Morgan fingerprint density at radius 3 is 3.10 bits per heavy atom. The second kappa shape index (κ2) is 2.83. The van der Waals surface area contributed by atoms with Gasteiger partial charge in [-0.05, 0) is 0 Å². The maximum absolute atomic E-state index is 11.7. The number of nitrogens with one attached hydrogen (secondary N) is 1. The van der Waals surface area contributed by atoms with Gasteiger partial charge in [0.15, 0.2) is 0 Å². The molecular formula is C5H8FNO3. The Bertz CT molecular complexity index is 141. The SMILES string of the molecule is O=C1NCC(C(O)CF)O1. The molecule has 1 heterocycles. The summed E-state index contributed by atoms with van der Waals surface area (Å²) in [4.78, 5) is 10.3. The zero-order chi connectivity index (χ0) is 7.56. The lowest BCUT2D eigenvalue weighted by Gasteiger charge is -2.10. The van der Waals surface area contributed by atoms with Crippen LogP contribution in [0.4, 0.5) is 9.18 Å². The van der Waals surface area contributed by atoms with Crippen LogP contribution in [0.3, 0.4) is 0 Å². The van der Waals surface area contributed by atoms with Crippen LogP contribution in [0, 0.1) is 0 Å². The van der Waals surface area contributed by atoms with Crippen molar-refractivity contribution in [2.24, 2.45) is 0 Å². The highest BCUT2D eigenvalue weighted by atomic mass is 19.1. The molecule has 0 spiro atoms. The molecule has 0 aromatic heterocycles. The van der Waals surface area contributed by atoms with Crippen LogP contribution < -0.4 is 5.32 Å². The number of aliphatic hydroxyl groups is 1. The van der Waals surface area contributed by atoms with Gasteiger partial charge in [0.2, 0.25) is 0 Å². The number of cyclic esters (lactones) is 1. The Kier molecular flexibility index (Phi) is 2.06. The molecule has 2 unspecified atom stereocenters. The fourth-order valence-electron chi connectivity index (χ4n) is 0.719. The number of hydrogen-bond donors (Lipinski definition) is 2. The third-order valence-corrected chi connectivity index (χ3v) is 1.29. The number of aliphatic hydroxyl groups excluding tert-OH is 1. The fraction of sp³-hybridized carbons (Fsp3) is 0.800. The number of alkyl carbamates (subject to hydrolysis) is 1. The summed E-state index contributed by atoms with van der Waals surface area (Å²) in [5.74, 6) is 0. The van der Waals surface area contributed by atoms with Gasteiger partial charge in [0.1, 0.15) is 18.9 Å². The Labute approximate surface area is 57.0 Å². The van der Waals surface area contributed by atoms with Crippen LogP contribution in [-0.4, -0.2) is 36.6 Å². The summed E-state index contributed by atoms with van der Waals surface area (Å²) < 4.78 is 16.2. The molecular weight excluding hydrogens is 141 g/mol. The van der Waals surface area contributed by atoms with Gasteiger partial charge in [0.25, 0.3) is 0 Å². The van der Waals surface area contributed by atoms with E-state index in [1.165, 1.54) is 0 Å². The summed E-state index contributed by atoms with van der Waals surface area (Å²) in [6, 6.07) is 0. The standard InChI is InChI=1S/C5H8FNO3/c6-1-3(8)4-2-7-5(9)10-4/h3-4,8H,1-2H2,(H,7,9). The van der Waals surface area contributed by atoms with Crippen molar-refractivity contribution in [3.8, 4) is 0 Å². The second-order valence-corrected chi connectivity index (χ2v) is 2.05. The number of alkyl halides is 1. The molecule has 2 N–H and O–H groups in total. The molecule has 4 nitrogen and oxygen atoms in total. The third-order valence-electron chi connectivity index (χ3n) is 1.29. The van der Waals surface area contributed by atoms with Crippen LogP contribution in [0.5, 0.6) is 0 Å². The fourth-order valence-corrected chi connectivity index (χ4v) is 0.719. The van der Waals surface area contributed by atoms with E-state index in [-0.39, 0.29) is 6.54 Å². The predicted molar refractivity (Wildman–Crippen MR) is 30.3 cm³/mol. The Balaban J connectivity index is 2.36. The minimum absolute atomic E-state index is 0.184. The highest BCUT2D eigenvalue weighted by Gasteiger charge is 2.29. The zero-order valence-electron chi connectivity index (χ0n) is 5.21. The van der Waals surface area contributed by atoms with Crippen LogP contribution >= 0.6 is 0 Å². The summed E-state index contributed by atoms with van der Waals surface area (Å²) in [5.41, 5.74) is 0. The highest BCUT2D eigenvalue weighted by molar-refractivity contribution is 5.69. The molecule has 0 aromatic rings. The first-order chi connectivity index (χ1) is 4.74. The monoisotopic (exact) mass is 149 g/mol. The quantitative estimate of drug-likeness (QED) is 0.552. The average molecular weight is 149 g/mol. The summed E-state index contributed by atoms with van der Waals surface area (Å²) >= 11 is 0. The zero-order valence-corrected chi connectivity index (χ0v) is 5.21. The van der Waals surface area contributed by atoms with E-state index in [2.05, 4.69) is 10.1 Å². The first kappa shape index (κ1) is 7.27. The lowest BCUT2D eigenvalue weighted by Crippen LogP contribution is -2.30. The van der Waals surface area contributed by atoms with Crippen molar-refractivity contribution >= 4 is 6.09 Å². The van der Waals surface area contributed by atoms with Crippen molar-refractivity contribution in [1.29, 1.82) is 0 Å². The molecule has 5 heteroatoms. The van der Waals surface area contributed by atoms with Crippen molar-refractivity contribution in [2.75, 3.05) is 13.2 Å². The maximum atomic E-state index is 11.7. The maximum Gasteiger partial charge on any atom is 0.407 e. The van der Waals surface area contributed by atoms with E-state index in [1.54, 1.807) is 0 Å². The molecule has 0 aromatic carbocycles. The van der Waals surface area contributed by atoms with E-state index in [0.717, 1.165) is 0 Å². The molecule has 1 aliphatic heterocycles. The number of amides is 1. The van der Waals surface area contributed by atoms with E-state index >= 15 is 0 Å². The number of carbonyl (C=O) groups excluding carboxylic acids is 1. The molecule has 0 bridgehead atoms. The smallest absolute Gasteiger partial charge is 0.407 e. The first-order valence-electron chi connectivity index (χ1n) is 2.92. The van der Waals surface area contributed by atoms with Crippen molar-refractivity contribution in [3.63, 3.8) is 0 Å². The Morgan fingerprint density at radius 2 is 2.70 bits per heavy atom. The van der Waals surface area contributed by atoms with E-state index in [1.807, 2.05) is 0 Å². The number of ether oxygens (including phenoxy) is 1. The first-order valence-corrected chi connectivity index (χ1v) is 2.92. The van der Waals surface area contributed by atoms with Crippen molar-refractivity contribution in [1.82, 2.24) is 5.32 Å². The molecule has 0 saturated carbocycles. The van der Waals surface area contributed by atoms with Crippen LogP contribution in [0.15, 0.2) is 0 Å². The van der Waals surface area contributed by atoms with Crippen molar-refractivity contribution < 1.29 is 19.0 Å². The topological polar surface area (TPSA) is 58.6 Å². The van der Waals surface area contributed by atoms with Gasteiger partial charge in [-0.15, -0.1) is 0 Å². The third kappa shape index (κ3) is 1.36. The Morgan fingerprint density at radius 1 is 2.00 bits per heavy atom. The molecule has 0 aliphatic carbocycles. The number of carbonyl (C=O) groups is 1. The molecule has 58 valence electrons. The Hall–Kier alpha value is -0.840. The number of hydrogen-bond acceptors (Lipinski definition) is 3. The normalized spacial score (nSPS) is 27.4. The van der Waals surface area contributed by atoms with Gasteiger partial charge in [-0.2, -0.15) is 0 Å².